The van der Waals surface area contributed by atoms with Gasteiger partial charge >= 0.3 is 0 Å². The monoisotopic (exact) mass is 206 g/mol. The lowest BCUT2D eigenvalue weighted by molar-refractivity contribution is 0.414. The maximum absolute atomic E-state index is 5.08. The highest BCUT2D eigenvalue weighted by atomic mass is 32.2. The Morgan fingerprint density at radius 1 is 1.29 bits per heavy atom. The van der Waals surface area contributed by atoms with Gasteiger partial charge < -0.3 is 4.74 Å². The van der Waals surface area contributed by atoms with E-state index in [1.165, 1.54) is 5.56 Å². The second-order valence-electron chi connectivity index (χ2n) is 2.77. The summed E-state index contributed by atoms with van der Waals surface area (Å²) in [5, 5.41) is 0. The van der Waals surface area contributed by atoms with E-state index < -0.39 is 0 Å². The average Bonchev–Trinajstić information content (AvgIpc) is 2.25. The molecule has 0 aromatic heterocycles. The van der Waals surface area contributed by atoms with E-state index in [9.17, 15) is 0 Å². The summed E-state index contributed by atoms with van der Waals surface area (Å²) in [6.45, 7) is 1.87. The van der Waals surface area contributed by atoms with Gasteiger partial charge in [0, 0.05) is 5.75 Å². The summed E-state index contributed by atoms with van der Waals surface area (Å²) in [4.78, 5) is 0. The van der Waals surface area contributed by atoms with Crippen LogP contribution in [0.15, 0.2) is 24.3 Å². The normalized spacial score (nSPS) is 9.00. The molecular weight excluding hydrogens is 192 g/mol. The van der Waals surface area contributed by atoms with Crippen molar-refractivity contribution >= 4 is 11.8 Å². The summed E-state index contributed by atoms with van der Waals surface area (Å²) < 4.78 is 5.08. The van der Waals surface area contributed by atoms with E-state index in [1.54, 1.807) is 7.11 Å². The predicted molar refractivity (Wildman–Crippen MR) is 62.6 cm³/mol. The average molecular weight is 206 g/mol. The van der Waals surface area contributed by atoms with Crippen LogP contribution in [0.2, 0.25) is 0 Å². The smallest absolute Gasteiger partial charge is 0.118 e. The second kappa shape index (κ2) is 6.39. The first-order chi connectivity index (χ1) is 6.86. The van der Waals surface area contributed by atoms with E-state index in [2.05, 4.69) is 24.0 Å². The maximum Gasteiger partial charge on any atom is 0.118 e. The maximum atomic E-state index is 5.08. The quantitative estimate of drug-likeness (QED) is 0.553. The van der Waals surface area contributed by atoms with Crippen molar-refractivity contribution in [2.45, 2.75) is 12.7 Å². The molecule has 0 saturated carbocycles. The Labute approximate surface area is 89.9 Å². The molecule has 0 atom stereocenters. The van der Waals surface area contributed by atoms with Gasteiger partial charge in [0.05, 0.1) is 12.9 Å². The van der Waals surface area contributed by atoms with Crippen molar-refractivity contribution in [1.29, 1.82) is 0 Å². The van der Waals surface area contributed by atoms with Gasteiger partial charge in [0.15, 0.2) is 0 Å². The fourth-order valence-corrected chi connectivity index (χ4v) is 1.79. The lowest BCUT2D eigenvalue weighted by atomic mass is 10.2. The molecule has 2 heteroatoms. The molecule has 0 aliphatic heterocycles. The highest BCUT2D eigenvalue weighted by molar-refractivity contribution is 7.98. The van der Waals surface area contributed by atoms with Gasteiger partial charge in [0.1, 0.15) is 5.75 Å². The molecule has 0 heterocycles. The highest BCUT2D eigenvalue weighted by Gasteiger charge is 1.93. The fraction of sp³-hybridized carbons (Fsp3) is 0.333. The highest BCUT2D eigenvalue weighted by Crippen LogP contribution is 2.15. The molecule has 0 amide bonds. The summed E-state index contributed by atoms with van der Waals surface area (Å²) in [5.41, 5.74) is 1.31. The van der Waals surface area contributed by atoms with Crippen molar-refractivity contribution in [3.8, 4) is 17.6 Å². The number of hydrogen-bond donors (Lipinski definition) is 0. The Kier molecular flexibility index (Phi) is 5.03. The van der Waals surface area contributed by atoms with E-state index in [1.807, 2.05) is 30.8 Å². The van der Waals surface area contributed by atoms with E-state index in [-0.39, 0.29) is 0 Å². The number of rotatable bonds is 4. The second-order valence-corrected chi connectivity index (χ2v) is 3.75. The zero-order valence-electron chi connectivity index (χ0n) is 8.54. The molecule has 1 nitrogen and oxygen atoms in total. The van der Waals surface area contributed by atoms with Crippen LogP contribution < -0.4 is 4.74 Å². The first kappa shape index (κ1) is 11.0. The van der Waals surface area contributed by atoms with Crippen molar-refractivity contribution in [2.75, 3.05) is 12.9 Å². The van der Waals surface area contributed by atoms with Gasteiger partial charge in [-0.25, -0.2) is 0 Å². The fourth-order valence-electron chi connectivity index (χ4n) is 1.01. The van der Waals surface area contributed by atoms with Crippen LogP contribution in [-0.4, -0.2) is 12.9 Å². The summed E-state index contributed by atoms with van der Waals surface area (Å²) in [7, 11) is 1.68. The van der Waals surface area contributed by atoms with Gasteiger partial charge in [-0.1, -0.05) is 18.1 Å². The van der Waals surface area contributed by atoms with Gasteiger partial charge in [0.25, 0.3) is 0 Å². The van der Waals surface area contributed by atoms with E-state index in [0.717, 1.165) is 17.3 Å². The van der Waals surface area contributed by atoms with E-state index in [0.29, 0.717) is 0 Å². The number of hydrogen-bond acceptors (Lipinski definition) is 2. The van der Waals surface area contributed by atoms with Crippen molar-refractivity contribution in [3.63, 3.8) is 0 Å². The minimum absolute atomic E-state index is 0.905. The molecule has 1 aromatic carbocycles. The summed E-state index contributed by atoms with van der Waals surface area (Å²) >= 11 is 1.83. The molecule has 0 N–H and O–H groups in total. The Morgan fingerprint density at radius 2 is 2.00 bits per heavy atom. The molecule has 0 saturated heterocycles. The molecule has 0 spiro atoms. The molecule has 0 aliphatic carbocycles. The first-order valence-electron chi connectivity index (χ1n) is 4.47. The topological polar surface area (TPSA) is 9.23 Å². The molecule has 74 valence electrons. The zero-order valence-corrected chi connectivity index (χ0v) is 9.36. The van der Waals surface area contributed by atoms with Crippen LogP contribution in [0.25, 0.3) is 0 Å². The lowest BCUT2D eigenvalue weighted by Crippen LogP contribution is -1.84. The molecule has 1 rings (SSSR count). The number of methoxy groups -OCH3 is 1. The predicted octanol–water partition coefficient (Wildman–Crippen LogP) is 2.95. The molecule has 0 aliphatic rings. The number of ether oxygens (including phenoxy) is 1. The number of thioether (sulfide) groups is 1. The van der Waals surface area contributed by atoms with Crippen LogP contribution in [0.3, 0.4) is 0 Å². The summed E-state index contributed by atoms with van der Waals surface area (Å²) in [5.74, 6) is 8.74. The molecule has 0 fully saturated rings. The third-order valence-electron chi connectivity index (χ3n) is 1.78. The Bertz CT molecular complexity index is 318. The van der Waals surface area contributed by atoms with Crippen molar-refractivity contribution < 1.29 is 4.74 Å². The van der Waals surface area contributed by atoms with Crippen LogP contribution in [0.1, 0.15) is 12.5 Å². The summed E-state index contributed by atoms with van der Waals surface area (Å²) in [6.07, 6.45) is 0. The molecular formula is C12H14OS. The van der Waals surface area contributed by atoms with Crippen LogP contribution in [0.4, 0.5) is 0 Å². The Morgan fingerprint density at radius 3 is 2.57 bits per heavy atom. The Hall–Kier alpha value is -1.07. The SMILES string of the molecule is CC#CCSCc1ccc(OC)cc1. The minimum Gasteiger partial charge on any atom is -0.497 e. The molecule has 0 bridgehead atoms. The molecule has 14 heavy (non-hydrogen) atoms. The van der Waals surface area contributed by atoms with Gasteiger partial charge in [0.2, 0.25) is 0 Å². The van der Waals surface area contributed by atoms with Crippen LogP contribution in [0, 0.1) is 11.8 Å². The van der Waals surface area contributed by atoms with Gasteiger partial charge in [-0.3, -0.25) is 0 Å². The Balaban J connectivity index is 2.38. The molecule has 0 radical (unpaired) electrons. The molecule has 1 aromatic rings. The standard InChI is InChI=1S/C12H14OS/c1-3-4-9-14-10-11-5-7-12(13-2)8-6-11/h5-8H,9-10H2,1-2H3. The zero-order chi connectivity index (χ0) is 10.2. The van der Waals surface area contributed by atoms with Crippen LogP contribution in [-0.2, 0) is 5.75 Å². The molecule has 0 unspecified atom stereocenters. The summed E-state index contributed by atoms with van der Waals surface area (Å²) in [6, 6.07) is 8.15. The van der Waals surface area contributed by atoms with Gasteiger partial charge in [-0.15, -0.1) is 17.7 Å². The van der Waals surface area contributed by atoms with Crippen LogP contribution in [0.5, 0.6) is 5.75 Å². The van der Waals surface area contributed by atoms with Crippen LogP contribution >= 0.6 is 11.8 Å². The third-order valence-corrected chi connectivity index (χ3v) is 2.66. The largest absolute Gasteiger partial charge is 0.497 e. The third kappa shape index (κ3) is 3.76. The minimum atomic E-state index is 0.905. The van der Waals surface area contributed by atoms with E-state index >= 15 is 0 Å². The van der Waals surface area contributed by atoms with Crippen molar-refractivity contribution in [2.24, 2.45) is 0 Å². The van der Waals surface area contributed by atoms with Crippen molar-refractivity contribution in [1.82, 2.24) is 0 Å². The van der Waals surface area contributed by atoms with Gasteiger partial charge in [-0.2, -0.15) is 0 Å². The number of benzene rings is 1. The van der Waals surface area contributed by atoms with Crippen molar-refractivity contribution in [3.05, 3.63) is 29.8 Å². The first-order valence-corrected chi connectivity index (χ1v) is 5.62. The lowest BCUT2D eigenvalue weighted by Gasteiger charge is -2.01. The van der Waals surface area contributed by atoms with Gasteiger partial charge in [-0.05, 0) is 24.6 Å². The van der Waals surface area contributed by atoms with E-state index in [4.69, 9.17) is 4.74 Å².